The third-order valence-corrected chi connectivity index (χ3v) is 4.36. The lowest BCUT2D eigenvalue weighted by molar-refractivity contribution is -0.413. The molecular weight excluding hydrogens is 336 g/mol. The number of benzene rings is 1. The van der Waals surface area contributed by atoms with Crippen LogP contribution in [0.25, 0.3) is 0 Å². The van der Waals surface area contributed by atoms with E-state index in [9.17, 15) is 25.2 Å². The zero-order chi connectivity index (χ0) is 18.8. The predicted octanol–water partition coefficient (Wildman–Crippen LogP) is -0.479. The summed E-state index contributed by atoms with van der Waals surface area (Å²) in [6.45, 7) is 2.67. The van der Waals surface area contributed by atoms with Crippen molar-refractivity contribution in [3.8, 4) is 5.75 Å². The van der Waals surface area contributed by atoms with E-state index in [1.165, 1.54) is 24.3 Å². The fourth-order valence-electron chi connectivity index (χ4n) is 2.68. The smallest absolute Gasteiger partial charge is 0.339 e. The Morgan fingerprint density at radius 3 is 2.44 bits per heavy atom. The van der Waals surface area contributed by atoms with E-state index >= 15 is 0 Å². The van der Waals surface area contributed by atoms with Gasteiger partial charge in [0.2, 0.25) is 6.29 Å². The minimum atomic E-state index is -1.68. The zero-order valence-electron chi connectivity index (χ0n) is 13.8. The minimum absolute atomic E-state index is 0.134. The molecule has 9 nitrogen and oxygen atoms in total. The molecule has 0 aliphatic carbocycles. The first-order valence-electron chi connectivity index (χ1n) is 7.73. The SMILES string of the molecule is CC(C)[C@]1(CO)OC(OOc2ccccc2C(=O)O)[C@H](O)[C@@H](O)[C@@H]1O. The number of aromatic carboxylic acids is 1. The molecule has 1 aromatic rings. The topological polar surface area (TPSA) is 146 Å². The number of aliphatic hydroxyl groups excluding tert-OH is 4. The van der Waals surface area contributed by atoms with Gasteiger partial charge in [0.05, 0.1) is 6.61 Å². The number of carboxylic acid groups (broad SMARTS) is 1. The second kappa shape index (κ2) is 7.65. The molecule has 9 heteroatoms. The molecule has 0 aromatic heterocycles. The number of para-hydroxylation sites is 1. The van der Waals surface area contributed by atoms with Gasteiger partial charge in [0.25, 0.3) is 0 Å². The highest BCUT2D eigenvalue weighted by Gasteiger charge is 2.56. The van der Waals surface area contributed by atoms with Gasteiger partial charge >= 0.3 is 5.97 Å². The summed E-state index contributed by atoms with van der Waals surface area (Å²) >= 11 is 0. The number of ether oxygens (including phenoxy) is 1. The molecule has 0 amide bonds. The van der Waals surface area contributed by atoms with E-state index in [4.69, 9.17) is 19.6 Å². The standard InChI is InChI=1S/C16H22O9/c1-8(2)16(7-17)13(20)11(18)12(19)15(23-16)25-24-10-6-4-3-5-9(10)14(21)22/h3-6,8,11-13,15,17-20H,7H2,1-2H3,(H,21,22)/t11-,12-,13+,15?,16+/m1/s1. The van der Waals surface area contributed by atoms with E-state index in [1.54, 1.807) is 13.8 Å². The molecule has 5 atom stereocenters. The van der Waals surface area contributed by atoms with Gasteiger partial charge in [-0.15, -0.1) is 0 Å². The Bertz CT molecular complexity index is 605. The maximum Gasteiger partial charge on any atom is 0.339 e. The van der Waals surface area contributed by atoms with Crippen LogP contribution in [0.5, 0.6) is 5.75 Å². The molecule has 1 saturated heterocycles. The summed E-state index contributed by atoms with van der Waals surface area (Å²) in [7, 11) is 0. The van der Waals surface area contributed by atoms with Crippen LogP contribution in [0.1, 0.15) is 24.2 Å². The fraction of sp³-hybridized carbons (Fsp3) is 0.562. The lowest BCUT2D eigenvalue weighted by atomic mass is 9.79. The summed E-state index contributed by atoms with van der Waals surface area (Å²) in [5.74, 6) is -1.82. The summed E-state index contributed by atoms with van der Waals surface area (Å²) in [5, 5.41) is 49.0. The van der Waals surface area contributed by atoms with Crippen LogP contribution in [0.4, 0.5) is 0 Å². The highest BCUT2D eigenvalue weighted by molar-refractivity contribution is 5.90. The van der Waals surface area contributed by atoms with Gasteiger partial charge in [-0.2, -0.15) is 4.89 Å². The number of rotatable bonds is 6. The van der Waals surface area contributed by atoms with Crippen molar-refractivity contribution in [2.75, 3.05) is 6.61 Å². The van der Waals surface area contributed by atoms with Gasteiger partial charge in [0.15, 0.2) is 5.75 Å². The molecule has 2 rings (SSSR count). The first-order valence-corrected chi connectivity index (χ1v) is 7.73. The Kier molecular flexibility index (Phi) is 5.99. The Labute approximate surface area is 143 Å². The molecule has 1 aliphatic rings. The summed E-state index contributed by atoms with van der Waals surface area (Å²) in [4.78, 5) is 21.1. The Balaban J connectivity index is 2.20. The highest BCUT2D eigenvalue weighted by atomic mass is 17.2. The predicted molar refractivity (Wildman–Crippen MR) is 82.7 cm³/mol. The molecule has 1 fully saturated rings. The molecule has 0 radical (unpaired) electrons. The first-order chi connectivity index (χ1) is 11.7. The second-order valence-electron chi connectivity index (χ2n) is 6.16. The highest BCUT2D eigenvalue weighted by Crippen LogP contribution is 2.36. The number of hydrogen-bond donors (Lipinski definition) is 5. The van der Waals surface area contributed by atoms with Crippen LogP contribution in [0.15, 0.2) is 24.3 Å². The van der Waals surface area contributed by atoms with E-state index in [0.717, 1.165) is 0 Å². The molecule has 1 aliphatic heterocycles. The molecule has 1 unspecified atom stereocenters. The van der Waals surface area contributed by atoms with Gasteiger partial charge in [-0.3, -0.25) is 0 Å². The van der Waals surface area contributed by atoms with Crippen molar-refractivity contribution in [1.82, 2.24) is 0 Å². The average Bonchev–Trinajstić information content (AvgIpc) is 2.59. The van der Waals surface area contributed by atoms with Crippen molar-refractivity contribution in [3.63, 3.8) is 0 Å². The number of carboxylic acids is 1. The Morgan fingerprint density at radius 2 is 1.88 bits per heavy atom. The van der Waals surface area contributed by atoms with Crippen molar-refractivity contribution in [2.24, 2.45) is 5.92 Å². The fourth-order valence-corrected chi connectivity index (χ4v) is 2.68. The summed E-state index contributed by atoms with van der Waals surface area (Å²) < 4.78 is 5.50. The number of aliphatic hydroxyl groups is 4. The maximum absolute atomic E-state index is 11.1. The van der Waals surface area contributed by atoms with Crippen LogP contribution in [0.3, 0.4) is 0 Å². The normalized spacial score (nSPS) is 32.6. The maximum atomic E-state index is 11.1. The first kappa shape index (κ1) is 19.6. The summed E-state index contributed by atoms with van der Waals surface area (Å²) in [6, 6.07) is 5.65. The van der Waals surface area contributed by atoms with Gasteiger partial charge in [-0.05, 0) is 18.1 Å². The van der Waals surface area contributed by atoms with Gasteiger partial charge in [0, 0.05) is 0 Å². The van der Waals surface area contributed by atoms with Crippen molar-refractivity contribution in [2.45, 2.75) is 44.1 Å². The van der Waals surface area contributed by atoms with Crippen LogP contribution in [-0.2, 0) is 9.62 Å². The van der Waals surface area contributed by atoms with E-state index < -0.39 is 48.7 Å². The number of hydrogen-bond acceptors (Lipinski definition) is 8. The Morgan fingerprint density at radius 1 is 1.24 bits per heavy atom. The van der Waals surface area contributed by atoms with E-state index in [-0.39, 0.29) is 11.3 Å². The zero-order valence-corrected chi connectivity index (χ0v) is 13.8. The quantitative estimate of drug-likeness (QED) is 0.336. The summed E-state index contributed by atoms with van der Waals surface area (Å²) in [6.07, 6.45) is -6.45. The Hall–Kier alpha value is -1.75. The van der Waals surface area contributed by atoms with Crippen LogP contribution in [-0.4, -0.2) is 68.3 Å². The summed E-state index contributed by atoms with van der Waals surface area (Å²) in [5.41, 5.74) is -1.76. The molecular formula is C16H22O9. The van der Waals surface area contributed by atoms with Gasteiger partial charge < -0.3 is 35.2 Å². The number of carbonyl (C=O) groups is 1. The van der Waals surface area contributed by atoms with E-state index in [1.807, 2.05) is 0 Å². The van der Waals surface area contributed by atoms with E-state index in [2.05, 4.69) is 0 Å². The van der Waals surface area contributed by atoms with Gasteiger partial charge in [-0.1, -0.05) is 26.0 Å². The molecule has 5 N–H and O–H groups in total. The van der Waals surface area contributed by atoms with Crippen LogP contribution in [0, 0.1) is 5.92 Å². The third kappa shape index (κ3) is 3.61. The van der Waals surface area contributed by atoms with Crippen LogP contribution < -0.4 is 4.89 Å². The third-order valence-electron chi connectivity index (χ3n) is 4.36. The van der Waals surface area contributed by atoms with Crippen LogP contribution in [0.2, 0.25) is 0 Å². The second-order valence-corrected chi connectivity index (χ2v) is 6.16. The van der Waals surface area contributed by atoms with Gasteiger partial charge in [0.1, 0.15) is 29.5 Å². The monoisotopic (exact) mass is 358 g/mol. The molecule has 25 heavy (non-hydrogen) atoms. The molecule has 140 valence electrons. The van der Waals surface area contributed by atoms with Crippen molar-refractivity contribution in [1.29, 1.82) is 0 Å². The lowest BCUT2D eigenvalue weighted by Gasteiger charge is -2.49. The average molecular weight is 358 g/mol. The largest absolute Gasteiger partial charge is 0.478 e. The van der Waals surface area contributed by atoms with Gasteiger partial charge in [-0.25, -0.2) is 4.79 Å². The molecule has 1 aromatic carbocycles. The van der Waals surface area contributed by atoms with E-state index in [0.29, 0.717) is 0 Å². The molecule has 1 heterocycles. The van der Waals surface area contributed by atoms with Crippen molar-refractivity contribution >= 4 is 5.97 Å². The minimum Gasteiger partial charge on any atom is -0.478 e. The molecule has 0 spiro atoms. The molecule has 0 bridgehead atoms. The van der Waals surface area contributed by atoms with Crippen molar-refractivity contribution < 1.29 is 44.8 Å². The van der Waals surface area contributed by atoms with Crippen LogP contribution >= 0.6 is 0 Å². The lowest BCUT2D eigenvalue weighted by Crippen LogP contribution is -2.68. The van der Waals surface area contributed by atoms with Crippen molar-refractivity contribution in [3.05, 3.63) is 29.8 Å². The molecule has 0 saturated carbocycles.